The molecule has 1 aliphatic rings. The van der Waals surface area contributed by atoms with Crippen molar-refractivity contribution >= 4 is 23.1 Å². The van der Waals surface area contributed by atoms with Crippen molar-refractivity contribution < 1.29 is 22.4 Å². The maximum atomic E-state index is 15.3. The molecule has 186 valence electrons. The number of piperidine rings is 1. The van der Waals surface area contributed by atoms with Crippen molar-refractivity contribution in [2.24, 2.45) is 0 Å². The fourth-order valence-corrected chi connectivity index (χ4v) is 4.35. The third kappa shape index (κ3) is 4.47. The highest BCUT2D eigenvalue weighted by Gasteiger charge is 2.31. The normalized spacial score (nSPS) is 16.3. The second kappa shape index (κ2) is 9.19. The Morgan fingerprint density at radius 3 is 2.72 bits per heavy atom. The molecule has 0 aliphatic carbocycles. The third-order valence-corrected chi connectivity index (χ3v) is 6.09. The van der Waals surface area contributed by atoms with Gasteiger partial charge in [0, 0.05) is 42.2 Å². The van der Waals surface area contributed by atoms with Gasteiger partial charge in [-0.1, -0.05) is 0 Å². The lowest BCUT2D eigenvalue weighted by Gasteiger charge is -2.21. The zero-order chi connectivity index (χ0) is 25.4. The summed E-state index contributed by atoms with van der Waals surface area (Å²) in [5.41, 5.74) is 5.95. The van der Waals surface area contributed by atoms with E-state index in [-0.39, 0.29) is 28.7 Å². The number of alkyl halides is 3. The molecule has 1 unspecified atom stereocenters. The number of imidazole rings is 1. The number of rotatable bonds is 4. The van der Waals surface area contributed by atoms with Crippen LogP contribution in [0.5, 0.6) is 0 Å². The number of benzene rings is 1. The number of hydrogen-bond acceptors (Lipinski definition) is 6. The predicted molar refractivity (Wildman–Crippen MR) is 125 cm³/mol. The third-order valence-electron chi connectivity index (χ3n) is 6.09. The van der Waals surface area contributed by atoms with Gasteiger partial charge in [-0.3, -0.25) is 9.20 Å². The van der Waals surface area contributed by atoms with Crippen LogP contribution in [0.15, 0.2) is 48.9 Å². The van der Waals surface area contributed by atoms with Gasteiger partial charge in [-0.25, -0.2) is 19.3 Å². The molecule has 1 aliphatic heterocycles. The molecular formula is C24H21F4N7O. The number of carbonyl (C=O) groups excluding carboxylic acids is 1. The maximum absolute atomic E-state index is 15.3. The highest BCUT2D eigenvalue weighted by Crippen LogP contribution is 2.34. The van der Waals surface area contributed by atoms with Gasteiger partial charge in [0.25, 0.3) is 5.91 Å². The summed E-state index contributed by atoms with van der Waals surface area (Å²) in [4.78, 5) is 25.2. The van der Waals surface area contributed by atoms with Crippen molar-refractivity contribution in [2.75, 3.05) is 24.1 Å². The fourth-order valence-electron chi connectivity index (χ4n) is 4.35. The van der Waals surface area contributed by atoms with E-state index in [0.29, 0.717) is 17.3 Å². The largest absolute Gasteiger partial charge is 0.416 e. The molecule has 12 heteroatoms. The van der Waals surface area contributed by atoms with Crippen molar-refractivity contribution in [1.29, 1.82) is 0 Å². The van der Waals surface area contributed by atoms with Gasteiger partial charge in [-0.05, 0) is 49.7 Å². The minimum atomic E-state index is -4.59. The number of hydrogen-bond donors (Lipinski definition) is 3. The van der Waals surface area contributed by atoms with Gasteiger partial charge in [0.1, 0.15) is 34.5 Å². The molecule has 8 nitrogen and oxygen atoms in total. The van der Waals surface area contributed by atoms with E-state index in [1.165, 1.54) is 12.1 Å². The summed E-state index contributed by atoms with van der Waals surface area (Å²) in [5.74, 6) is -0.822. The molecule has 4 N–H and O–H groups in total. The van der Waals surface area contributed by atoms with E-state index in [9.17, 15) is 18.0 Å². The first-order valence-electron chi connectivity index (χ1n) is 11.2. The monoisotopic (exact) mass is 499 g/mol. The number of nitrogens with zero attached hydrogens (tertiary/aromatic N) is 4. The highest BCUT2D eigenvalue weighted by molar-refractivity contribution is 6.04. The molecule has 1 fully saturated rings. The smallest absolute Gasteiger partial charge is 0.382 e. The standard InChI is InChI=1S/C24H21F4N7O/c25-17-10-13(23(36)33-18-11-15(5-7-31-18)24(26,27)28)3-4-16(17)19-20-21(29)32-8-9-35(20)22(34-19)14-2-1-6-30-12-14/h3-5,7-11,14,30H,1-2,6,12H2,(H2,29,32)(H,31,33,36). The molecule has 4 heterocycles. The molecule has 0 bridgehead atoms. The Hall–Kier alpha value is -4.06. The van der Waals surface area contributed by atoms with Crippen molar-refractivity contribution in [3.05, 3.63) is 71.7 Å². The highest BCUT2D eigenvalue weighted by atomic mass is 19.4. The number of nitrogens with one attached hydrogen (secondary N) is 2. The summed E-state index contributed by atoms with van der Waals surface area (Å²) in [6.45, 7) is 1.65. The topological polar surface area (TPSA) is 110 Å². The SMILES string of the molecule is Nc1nccn2c(C3CCCNC3)nc(-c3ccc(C(=O)Nc4cc(C(F)(F)F)ccn4)cc3F)c12. The summed E-state index contributed by atoms with van der Waals surface area (Å²) < 4.78 is 55.9. The predicted octanol–water partition coefficient (Wildman–Crippen LogP) is 4.25. The van der Waals surface area contributed by atoms with Crippen LogP contribution in [-0.2, 0) is 6.18 Å². The van der Waals surface area contributed by atoms with Crippen molar-refractivity contribution in [1.82, 2.24) is 24.7 Å². The minimum Gasteiger partial charge on any atom is -0.382 e. The number of nitrogens with two attached hydrogens (primary N) is 1. The minimum absolute atomic E-state index is 0.0956. The number of amides is 1. The summed E-state index contributed by atoms with van der Waals surface area (Å²) in [5, 5.41) is 5.61. The Morgan fingerprint density at radius 1 is 1.17 bits per heavy atom. The second-order valence-corrected chi connectivity index (χ2v) is 8.47. The van der Waals surface area contributed by atoms with Crippen molar-refractivity contribution in [3.8, 4) is 11.3 Å². The van der Waals surface area contributed by atoms with Crippen LogP contribution in [0.4, 0.5) is 29.2 Å². The van der Waals surface area contributed by atoms with Crippen LogP contribution in [0.1, 0.15) is 40.5 Å². The number of halogens is 4. The first-order chi connectivity index (χ1) is 17.2. The fraction of sp³-hybridized carbons (Fsp3) is 0.250. The van der Waals surface area contributed by atoms with Crippen LogP contribution in [0, 0.1) is 5.82 Å². The molecule has 0 radical (unpaired) electrons. The summed E-state index contributed by atoms with van der Waals surface area (Å²) in [7, 11) is 0. The zero-order valence-electron chi connectivity index (χ0n) is 18.8. The molecule has 1 atom stereocenters. The Balaban J connectivity index is 1.47. The van der Waals surface area contributed by atoms with Gasteiger partial charge >= 0.3 is 6.18 Å². The average molecular weight is 499 g/mol. The van der Waals surface area contributed by atoms with Gasteiger partial charge in [0.05, 0.1) is 5.56 Å². The number of fused-ring (bicyclic) bond motifs is 1. The van der Waals surface area contributed by atoms with E-state index < -0.39 is 23.5 Å². The lowest BCUT2D eigenvalue weighted by atomic mass is 9.99. The second-order valence-electron chi connectivity index (χ2n) is 8.47. The molecule has 1 saturated heterocycles. The lowest BCUT2D eigenvalue weighted by Crippen LogP contribution is -2.29. The van der Waals surface area contributed by atoms with Gasteiger partial charge in [-0.2, -0.15) is 13.2 Å². The van der Waals surface area contributed by atoms with Crippen LogP contribution < -0.4 is 16.4 Å². The van der Waals surface area contributed by atoms with Gasteiger partial charge in [0.15, 0.2) is 0 Å². The van der Waals surface area contributed by atoms with E-state index in [1.54, 1.807) is 12.4 Å². The van der Waals surface area contributed by atoms with E-state index in [0.717, 1.165) is 50.1 Å². The Labute approximate surface area is 202 Å². The Kier molecular flexibility index (Phi) is 6.04. The molecule has 5 rings (SSSR count). The maximum Gasteiger partial charge on any atom is 0.416 e. The molecule has 3 aromatic heterocycles. The first-order valence-corrected chi connectivity index (χ1v) is 11.2. The Morgan fingerprint density at radius 2 is 2.00 bits per heavy atom. The van der Waals surface area contributed by atoms with E-state index >= 15 is 4.39 Å². The molecule has 1 aromatic carbocycles. The summed E-state index contributed by atoms with van der Waals surface area (Å²) in [6.07, 6.45) is 1.52. The van der Waals surface area contributed by atoms with Gasteiger partial charge in [0.2, 0.25) is 0 Å². The molecule has 0 saturated carbocycles. The number of pyridine rings is 1. The van der Waals surface area contributed by atoms with Crippen molar-refractivity contribution in [2.45, 2.75) is 24.9 Å². The molecule has 0 spiro atoms. The Bertz CT molecular complexity index is 1440. The van der Waals surface area contributed by atoms with Crippen LogP contribution in [0.25, 0.3) is 16.8 Å². The van der Waals surface area contributed by atoms with E-state index in [4.69, 9.17) is 10.7 Å². The molecule has 1 amide bonds. The van der Waals surface area contributed by atoms with E-state index in [2.05, 4.69) is 20.6 Å². The quantitative estimate of drug-likeness (QED) is 0.362. The number of carbonyl (C=O) groups is 1. The van der Waals surface area contributed by atoms with E-state index in [1.807, 2.05) is 4.40 Å². The zero-order valence-corrected chi connectivity index (χ0v) is 18.8. The van der Waals surface area contributed by atoms with Gasteiger partial charge in [-0.15, -0.1) is 0 Å². The summed E-state index contributed by atoms with van der Waals surface area (Å²) in [6, 6.07) is 5.25. The van der Waals surface area contributed by atoms with Crippen LogP contribution >= 0.6 is 0 Å². The first kappa shape index (κ1) is 23.7. The van der Waals surface area contributed by atoms with Gasteiger partial charge < -0.3 is 16.4 Å². The van der Waals surface area contributed by atoms with Crippen molar-refractivity contribution in [3.63, 3.8) is 0 Å². The lowest BCUT2D eigenvalue weighted by molar-refractivity contribution is -0.137. The molecule has 36 heavy (non-hydrogen) atoms. The van der Waals surface area contributed by atoms with Crippen LogP contribution in [-0.4, -0.2) is 38.3 Å². The van der Waals surface area contributed by atoms with Crippen LogP contribution in [0.2, 0.25) is 0 Å². The number of anilines is 2. The average Bonchev–Trinajstić information content (AvgIpc) is 3.25. The van der Waals surface area contributed by atoms with Crippen LogP contribution in [0.3, 0.4) is 0 Å². The molecule has 4 aromatic rings. The molecular weight excluding hydrogens is 478 g/mol. The number of nitrogen functional groups attached to an aromatic ring is 1. The summed E-state index contributed by atoms with van der Waals surface area (Å²) >= 11 is 0. The number of aromatic nitrogens is 4.